The molecule has 0 spiro atoms. The number of nitrogens with zero attached hydrogens (tertiary/aromatic N) is 2. The number of anilines is 1. The lowest BCUT2D eigenvalue weighted by molar-refractivity contribution is -0.840. The van der Waals surface area contributed by atoms with Crippen LogP contribution in [0.3, 0.4) is 0 Å². The Morgan fingerprint density at radius 2 is 1.24 bits per heavy atom. The molecule has 0 bridgehead atoms. The van der Waals surface area contributed by atoms with Crippen LogP contribution >= 0.6 is 0 Å². The second-order valence-corrected chi connectivity index (χ2v) is 13.1. The van der Waals surface area contributed by atoms with E-state index in [1.165, 1.54) is 72.3 Å². The van der Waals surface area contributed by atoms with Crippen LogP contribution in [0.2, 0.25) is 0 Å². The Morgan fingerprint density at radius 1 is 0.762 bits per heavy atom. The molecule has 0 amide bonds. The van der Waals surface area contributed by atoms with E-state index in [0.29, 0.717) is 0 Å². The molecular formula is C27H31F6N3O4S2. The van der Waals surface area contributed by atoms with Crippen molar-refractivity contribution in [2.75, 3.05) is 18.1 Å². The van der Waals surface area contributed by atoms with E-state index in [9.17, 15) is 43.2 Å². The van der Waals surface area contributed by atoms with Crippen LogP contribution in [-0.4, -0.2) is 41.1 Å². The van der Waals surface area contributed by atoms with E-state index in [1.54, 1.807) is 4.90 Å². The molecule has 42 heavy (non-hydrogen) atoms. The maximum absolute atomic E-state index is 11.4. The van der Waals surface area contributed by atoms with E-state index in [-0.39, 0.29) is 0 Å². The molecule has 1 atom stereocenters. The van der Waals surface area contributed by atoms with Crippen molar-refractivity contribution in [2.24, 2.45) is 0 Å². The minimum atomic E-state index is -6.72. The highest BCUT2D eigenvalue weighted by molar-refractivity contribution is 8.13. The smallest absolute Gasteiger partial charge is 0.421 e. The fourth-order valence-electron chi connectivity index (χ4n) is 4.48. The van der Waals surface area contributed by atoms with Crippen molar-refractivity contribution in [1.29, 1.82) is 0 Å². The average molecular weight is 640 g/mol. The molecule has 1 heterocycles. The van der Waals surface area contributed by atoms with Gasteiger partial charge >= 0.3 is 11.0 Å². The summed E-state index contributed by atoms with van der Waals surface area (Å²) in [5, 5.41) is 5.34. The molecule has 1 N–H and O–H groups in total. The Morgan fingerprint density at radius 3 is 1.74 bits per heavy atom. The summed E-state index contributed by atoms with van der Waals surface area (Å²) in [6, 6.07) is 19.9. The Hall–Kier alpha value is -2.88. The first-order valence-corrected chi connectivity index (χ1v) is 16.0. The van der Waals surface area contributed by atoms with Gasteiger partial charge in [-0.25, -0.2) is 16.8 Å². The Balaban J connectivity index is 0.000000277. The van der Waals surface area contributed by atoms with Gasteiger partial charge in [0.25, 0.3) is 0 Å². The third-order valence-corrected chi connectivity index (χ3v) is 9.27. The first-order chi connectivity index (χ1) is 19.6. The molecule has 15 heteroatoms. The number of rotatable bonds is 10. The van der Waals surface area contributed by atoms with Crippen molar-refractivity contribution in [1.82, 2.24) is 0 Å². The van der Waals surface area contributed by atoms with Gasteiger partial charge in [0, 0.05) is 10.8 Å². The number of quaternary nitrogens is 1. The van der Waals surface area contributed by atoms with E-state index >= 15 is 0 Å². The number of sulfonamides is 2. The third kappa shape index (κ3) is 8.36. The molecule has 0 fully saturated rings. The minimum absolute atomic E-state index is 0.778. The second-order valence-electron chi connectivity index (χ2n) is 9.70. The maximum atomic E-state index is 11.4. The molecule has 0 aromatic heterocycles. The maximum Gasteiger partial charge on any atom is 0.480 e. The van der Waals surface area contributed by atoms with Crippen molar-refractivity contribution >= 4 is 47.3 Å². The van der Waals surface area contributed by atoms with E-state index in [1.807, 2.05) is 0 Å². The van der Waals surface area contributed by atoms with E-state index < -0.39 is 31.1 Å². The molecular weight excluding hydrogens is 608 g/mol. The molecule has 3 aromatic rings. The zero-order valence-electron chi connectivity index (χ0n) is 22.6. The lowest BCUT2D eigenvalue weighted by Crippen LogP contribution is -3.07. The second kappa shape index (κ2) is 13.6. The third-order valence-electron chi connectivity index (χ3n) is 6.53. The van der Waals surface area contributed by atoms with Gasteiger partial charge in [0.2, 0.25) is 0 Å². The van der Waals surface area contributed by atoms with Gasteiger partial charge in [-0.15, -0.1) is 0 Å². The van der Waals surface area contributed by atoms with Gasteiger partial charge in [0.1, 0.15) is 6.20 Å². The molecule has 0 saturated carbocycles. The highest BCUT2D eigenvalue weighted by atomic mass is 32.3. The number of fused-ring (bicyclic) bond motifs is 2. The van der Waals surface area contributed by atoms with Crippen LogP contribution in [0.15, 0.2) is 67.0 Å². The fourth-order valence-corrected chi connectivity index (χ4v) is 6.19. The van der Waals surface area contributed by atoms with Crippen molar-refractivity contribution in [3.63, 3.8) is 0 Å². The first-order valence-electron chi connectivity index (χ1n) is 13.1. The number of halogens is 6. The number of hydrogen-bond acceptors (Lipinski definition) is 5. The number of hydrogen-bond donors (Lipinski definition) is 1. The molecule has 232 valence electrons. The van der Waals surface area contributed by atoms with Gasteiger partial charge in [-0.1, -0.05) is 81.1 Å². The van der Waals surface area contributed by atoms with Crippen LogP contribution in [0, 0.1) is 0 Å². The summed E-state index contributed by atoms with van der Waals surface area (Å²) in [4.78, 5) is 4.03. The summed E-state index contributed by atoms with van der Waals surface area (Å²) in [6.45, 7) is 4.56. The largest absolute Gasteiger partial charge is 0.480 e. The van der Waals surface area contributed by atoms with Crippen molar-refractivity contribution in [3.8, 4) is 0 Å². The fraction of sp³-hybridized carbons (Fsp3) is 0.407. The highest BCUT2D eigenvalue weighted by Gasteiger charge is 2.47. The Bertz CT molecular complexity index is 1510. The monoisotopic (exact) mass is 639 g/mol. The molecule has 4 rings (SSSR count). The van der Waals surface area contributed by atoms with E-state index in [0.717, 1.165) is 10.8 Å². The van der Waals surface area contributed by atoms with Gasteiger partial charge in [-0.05, 0) is 29.7 Å². The average Bonchev–Trinajstić information content (AvgIpc) is 3.36. The summed E-state index contributed by atoms with van der Waals surface area (Å²) >= 11 is 0. The molecule has 0 radical (unpaired) electrons. The van der Waals surface area contributed by atoms with Crippen LogP contribution in [0.25, 0.3) is 25.7 Å². The molecule has 0 aliphatic carbocycles. The summed E-state index contributed by atoms with van der Waals surface area (Å²) in [5.74, 6) is 0. The summed E-state index contributed by atoms with van der Waals surface area (Å²) < 4.78 is 109. The van der Waals surface area contributed by atoms with Crippen LogP contribution < -0.4 is 9.80 Å². The van der Waals surface area contributed by atoms with Gasteiger partial charge < -0.3 is 4.13 Å². The van der Waals surface area contributed by atoms with Gasteiger partial charge in [0.15, 0.2) is 26.7 Å². The predicted molar refractivity (Wildman–Crippen MR) is 150 cm³/mol. The van der Waals surface area contributed by atoms with Gasteiger partial charge in [-0.3, -0.25) is 9.80 Å². The van der Waals surface area contributed by atoms with Crippen LogP contribution in [-0.2, 0) is 20.0 Å². The lowest BCUT2D eigenvalue weighted by atomic mass is 10.0. The van der Waals surface area contributed by atoms with E-state index in [4.69, 9.17) is 0 Å². The molecule has 1 aliphatic rings. The summed E-state index contributed by atoms with van der Waals surface area (Å²) in [6.07, 6.45) is 12.8. The van der Waals surface area contributed by atoms with Crippen molar-refractivity contribution < 1.29 is 48.1 Å². The van der Waals surface area contributed by atoms with Crippen LogP contribution in [0.4, 0.5) is 32.0 Å². The Kier molecular flexibility index (Phi) is 10.9. The zero-order valence-corrected chi connectivity index (χ0v) is 24.3. The Labute approximate surface area is 240 Å². The predicted octanol–water partition coefficient (Wildman–Crippen LogP) is 6.55. The molecule has 1 aliphatic heterocycles. The van der Waals surface area contributed by atoms with Gasteiger partial charge in [0.05, 0.1) is 18.4 Å². The number of alkyl halides is 6. The lowest BCUT2D eigenvalue weighted by Gasteiger charge is -2.22. The molecule has 3 aromatic carbocycles. The van der Waals surface area contributed by atoms with Crippen LogP contribution in [0.1, 0.15) is 45.4 Å². The van der Waals surface area contributed by atoms with E-state index in [2.05, 4.69) is 78.8 Å². The molecule has 1 unspecified atom stereocenters. The number of benzene rings is 3. The standard InChI is InChI=1S/C25H30N2.C2F6NO4S2/c1-2-3-4-5-6-11-16-26-17-18-27(20-26)25-23-14-9-7-12-21(23)19-22-13-8-10-15-24(22)25;3-1(4,5)14(10,11)9-15(12,13)2(6,7)8/h7-10,12-15,17-19H,2-6,11,16,20H2,1H3;/q;-1/p+1. The summed E-state index contributed by atoms with van der Waals surface area (Å²) in [5.41, 5.74) is -11.0. The van der Waals surface area contributed by atoms with Crippen molar-refractivity contribution in [3.05, 3.63) is 71.1 Å². The molecule has 0 saturated heterocycles. The molecule has 7 nitrogen and oxygen atoms in total. The van der Waals surface area contributed by atoms with Gasteiger partial charge in [-0.2, -0.15) is 26.3 Å². The minimum Gasteiger partial charge on any atom is -0.421 e. The highest BCUT2D eigenvalue weighted by Crippen LogP contribution is 2.37. The number of nitrogens with one attached hydrogen (secondary N) is 1. The zero-order chi connectivity index (χ0) is 31.2. The quantitative estimate of drug-likeness (QED) is 0.155. The van der Waals surface area contributed by atoms with Crippen LogP contribution in [0.5, 0.6) is 0 Å². The number of unbranched alkanes of at least 4 members (excludes halogenated alkanes) is 5. The first kappa shape index (κ1) is 33.6. The normalized spacial score (nSPS) is 16.2. The topological polar surface area (TPSA) is 90.1 Å². The van der Waals surface area contributed by atoms with Crippen molar-refractivity contribution in [2.45, 2.75) is 56.5 Å². The SMILES string of the molecule is CCCCCCCC[NH+]1C=CN(c2c3ccccc3cc3ccccc23)C1.O=S(=O)([N-]S(=O)(=O)C(F)(F)F)C(F)(F)F. The summed E-state index contributed by atoms with van der Waals surface area (Å²) in [7, 11) is -13.4.